The summed E-state index contributed by atoms with van der Waals surface area (Å²) in [5.41, 5.74) is 0.827. The van der Waals surface area contributed by atoms with Crippen LogP contribution in [0, 0.1) is 0 Å². The zero-order chi connectivity index (χ0) is 23.8. The molecule has 1 N–H and O–H groups in total. The minimum Gasteiger partial charge on any atom is -0.490 e. The average molecular weight is 473 g/mol. The molecule has 9 heteroatoms. The lowest BCUT2D eigenvalue weighted by Gasteiger charge is -2.40. The first kappa shape index (κ1) is 23.2. The number of anilines is 1. The van der Waals surface area contributed by atoms with Gasteiger partial charge in [-0.05, 0) is 33.3 Å². The molecule has 0 bridgehead atoms. The SMILES string of the molecule is C[C@@H](Nc1nc(Cl)cc2c1C(=O)N1CCN(C(=O)OC(C)(C)C)C[C@@H]1CO2)c1ccccc1. The van der Waals surface area contributed by atoms with Crippen molar-refractivity contribution >= 4 is 29.4 Å². The number of nitrogens with one attached hydrogen (secondary N) is 1. The molecule has 1 aromatic carbocycles. The van der Waals surface area contributed by atoms with Crippen LogP contribution in [0.25, 0.3) is 0 Å². The Hall–Kier alpha value is -3.00. The Bertz CT molecular complexity index is 1040. The van der Waals surface area contributed by atoms with E-state index in [1.165, 1.54) is 0 Å². The van der Waals surface area contributed by atoms with Gasteiger partial charge in [0.1, 0.15) is 34.5 Å². The topological polar surface area (TPSA) is 84.0 Å². The molecule has 2 aliphatic heterocycles. The Balaban J connectivity index is 1.57. The number of ether oxygens (including phenoxy) is 2. The fraction of sp³-hybridized carbons (Fsp3) is 0.458. The molecule has 8 nitrogen and oxygen atoms in total. The Morgan fingerprint density at radius 3 is 2.70 bits per heavy atom. The molecule has 2 atom stereocenters. The highest BCUT2D eigenvalue weighted by Gasteiger charge is 2.39. The van der Waals surface area contributed by atoms with Gasteiger partial charge in [-0.3, -0.25) is 4.79 Å². The lowest BCUT2D eigenvalue weighted by molar-refractivity contribution is 0.000956. The third-order valence-corrected chi connectivity index (χ3v) is 5.84. The maximum atomic E-state index is 13.6. The van der Waals surface area contributed by atoms with E-state index in [2.05, 4.69) is 10.3 Å². The molecule has 1 saturated heterocycles. The summed E-state index contributed by atoms with van der Waals surface area (Å²) in [6.07, 6.45) is -0.389. The molecule has 33 heavy (non-hydrogen) atoms. The average Bonchev–Trinajstić information content (AvgIpc) is 2.89. The summed E-state index contributed by atoms with van der Waals surface area (Å²) in [6, 6.07) is 11.0. The summed E-state index contributed by atoms with van der Waals surface area (Å²) >= 11 is 6.27. The van der Waals surface area contributed by atoms with Gasteiger partial charge in [0.2, 0.25) is 0 Å². The molecule has 0 spiro atoms. The van der Waals surface area contributed by atoms with Crippen molar-refractivity contribution in [3.05, 3.63) is 52.7 Å². The number of carbonyl (C=O) groups is 2. The van der Waals surface area contributed by atoms with Gasteiger partial charge in [-0.2, -0.15) is 0 Å². The zero-order valence-electron chi connectivity index (χ0n) is 19.3. The molecular weight excluding hydrogens is 444 g/mol. The Labute approximate surface area is 198 Å². The molecule has 0 aliphatic carbocycles. The number of halogens is 1. The number of piperazine rings is 1. The number of carbonyl (C=O) groups excluding carboxylic acids is 2. The van der Waals surface area contributed by atoms with Crippen LogP contribution in [0.5, 0.6) is 5.75 Å². The summed E-state index contributed by atoms with van der Waals surface area (Å²) in [6.45, 7) is 8.83. The van der Waals surface area contributed by atoms with Gasteiger partial charge in [0.05, 0.1) is 6.04 Å². The number of hydrogen-bond donors (Lipinski definition) is 1. The van der Waals surface area contributed by atoms with Crippen molar-refractivity contribution in [3.63, 3.8) is 0 Å². The fourth-order valence-electron chi connectivity index (χ4n) is 4.03. The molecule has 2 amide bonds. The number of nitrogens with zero attached hydrogens (tertiary/aromatic N) is 3. The van der Waals surface area contributed by atoms with Gasteiger partial charge in [-0.15, -0.1) is 0 Å². The van der Waals surface area contributed by atoms with E-state index < -0.39 is 5.60 Å². The number of fused-ring (bicyclic) bond motifs is 2. The van der Waals surface area contributed by atoms with Crippen LogP contribution in [0.3, 0.4) is 0 Å². The van der Waals surface area contributed by atoms with Crippen molar-refractivity contribution in [3.8, 4) is 5.75 Å². The minimum atomic E-state index is -0.585. The van der Waals surface area contributed by atoms with E-state index in [0.29, 0.717) is 36.8 Å². The second-order valence-electron chi connectivity index (χ2n) is 9.33. The Morgan fingerprint density at radius 1 is 1.27 bits per heavy atom. The number of pyridine rings is 1. The zero-order valence-corrected chi connectivity index (χ0v) is 20.1. The van der Waals surface area contributed by atoms with Gasteiger partial charge in [0.25, 0.3) is 5.91 Å². The van der Waals surface area contributed by atoms with E-state index >= 15 is 0 Å². The first-order chi connectivity index (χ1) is 15.6. The third-order valence-electron chi connectivity index (χ3n) is 5.65. The maximum absolute atomic E-state index is 13.6. The number of hydrogen-bond acceptors (Lipinski definition) is 6. The number of benzene rings is 1. The van der Waals surface area contributed by atoms with Gasteiger partial charge in [0, 0.05) is 31.7 Å². The van der Waals surface area contributed by atoms with E-state index in [-0.39, 0.29) is 35.8 Å². The highest BCUT2D eigenvalue weighted by molar-refractivity contribution is 6.30. The van der Waals surface area contributed by atoms with Crippen LogP contribution in [-0.4, -0.2) is 64.7 Å². The third kappa shape index (κ3) is 5.16. The molecule has 0 unspecified atom stereocenters. The van der Waals surface area contributed by atoms with E-state index in [4.69, 9.17) is 21.1 Å². The fourth-order valence-corrected chi connectivity index (χ4v) is 4.22. The quantitative estimate of drug-likeness (QED) is 0.668. The molecule has 1 aromatic heterocycles. The highest BCUT2D eigenvalue weighted by Crippen LogP contribution is 2.35. The minimum absolute atomic E-state index is 0.0999. The maximum Gasteiger partial charge on any atom is 0.410 e. The van der Waals surface area contributed by atoms with Crippen LogP contribution < -0.4 is 10.1 Å². The lowest BCUT2D eigenvalue weighted by atomic mass is 10.1. The number of amides is 2. The molecule has 0 saturated carbocycles. The van der Waals surface area contributed by atoms with Gasteiger partial charge < -0.3 is 24.6 Å². The first-order valence-corrected chi connectivity index (χ1v) is 11.4. The van der Waals surface area contributed by atoms with Gasteiger partial charge in [0.15, 0.2) is 0 Å². The largest absolute Gasteiger partial charge is 0.490 e. The smallest absolute Gasteiger partial charge is 0.410 e. The molecule has 4 rings (SSSR count). The van der Waals surface area contributed by atoms with Crippen LogP contribution >= 0.6 is 11.6 Å². The van der Waals surface area contributed by atoms with Crippen molar-refractivity contribution < 1.29 is 19.1 Å². The Morgan fingerprint density at radius 2 is 2.00 bits per heavy atom. The summed E-state index contributed by atoms with van der Waals surface area (Å²) in [5, 5.41) is 3.56. The highest BCUT2D eigenvalue weighted by atomic mass is 35.5. The van der Waals surface area contributed by atoms with Crippen molar-refractivity contribution in [1.82, 2.24) is 14.8 Å². The summed E-state index contributed by atoms with van der Waals surface area (Å²) in [7, 11) is 0. The van der Waals surface area contributed by atoms with Gasteiger partial charge in [-0.1, -0.05) is 41.9 Å². The second-order valence-corrected chi connectivity index (χ2v) is 9.72. The standard InChI is InChI=1S/C24H29ClN4O4/c1-15(16-8-6-5-7-9-16)26-21-20-18(12-19(25)27-21)32-14-17-13-28(10-11-29(17)22(20)30)23(31)33-24(2,3)4/h5-9,12,15,17H,10-11,13-14H2,1-4H3,(H,26,27)/t15-,17-/m1/s1. The van der Waals surface area contributed by atoms with Crippen LogP contribution in [-0.2, 0) is 4.74 Å². The normalized spacial score (nSPS) is 19.1. The predicted octanol–water partition coefficient (Wildman–Crippen LogP) is 4.36. The van der Waals surface area contributed by atoms with Crippen LogP contribution in [0.1, 0.15) is 49.7 Å². The van der Waals surface area contributed by atoms with Gasteiger partial charge >= 0.3 is 6.09 Å². The molecule has 0 radical (unpaired) electrons. The molecule has 2 aliphatic rings. The summed E-state index contributed by atoms with van der Waals surface area (Å²) in [5.74, 6) is 0.582. The van der Waals surface area contributed by atoms with Crippen LogP contribution in [0.4, 0.5) is 10.6 Å². The summed E-state index contributed by atoms with van der Waals surface area (Å²) in [4.78, 5) is 33.9. The monoisotopic (exact) mass is 472 g/mol. The van der Waals surface area contributed by atoms with Crippen LogP contribution in [0.2, 0.25) is 5.15 Å². The molecule has 176 valence electrons. The van der Waals surface area contributed by atoms with Crippen molar-refractivity contribution in [2.45, 2.75) is 45.4 Å². The number of rotatable bonds is 3. The molecule has 2 aromatic rings. The van der Waals surface area contributed by atoms with E-state index in [1.807, 2.05) is 58.0 Å². The summed E-state index contributed by atoms with van der Waals surface area (Å²) < 4.78 is 11.5. The van der Waals surface area contributed by atoms with Gasteiger partial charge in [-0.25, -0.2) is 9.78 Å². The van der Waals surface area contributed by atoms with E-state index in [0.717, 1.165) is 5.56 Å². The second kappa shape index (κ2) is 9.09. The van der Waals surface area contributed by atoms with Crippen molar-refractivity contribution in [2.24, 2.45) is 0 Å². The van der Waals surface area contributed by atoms with E-state index in [1.54, 1.807) is 15.9 Å². The molecular formula is C24H29ClN4O4. The van der Waals surface area contributed by atoms with E-state index in [9.17, 15) is 9.59 Å². The Kier molecular flexibility index (Phi) is 6.38. The molecule has 3 heterocycles. The molecule has 1 fully saturated rings. The van der Waals surface area contributed by atoms with Crippen molar-refractivity contribution in [1.29, 1.82) is 0 Å². The number of aromatic nitrogens is 1. The van der Waals surface area contributed by atoms with Crippen LogP contribution in [0.15, 0.2) is 36.4 Å². The first-order valence-electron chi connectivity index (χ1n) is 11.1. The lowest BCUT2D eigenvalue weighted by Crippen LogP contribution is -2.58. The predicted molar refractivity (Wildman–Crippen MR) is 126 cm³/mol. The van der Waals surface area contributed by atoms with Crippen molar-refractivity contribution in [2.75, 3.05) is 31.6 Å².